The molecular weight excluding hydrogens is 336 g/mol. The van der Waals surface area contributed by atoms with Crippen molar-refractivity contribution in [3.63, 3.8) is 0 Å². The van der Waals surface area contributed by atoms with Crippen molar-refractivity contribution in [1.82, 2.24) is 20.2 Å². The lowest BCUT2D eigenvalue weighted by atomic mass is 10.2. The zero-order valence-corrected chi connectivity index (χ0v) is 14.5. The molecule has 0 aliphatic heterocycles. The van der Waals surface area contributed by atoms with Crippen LogP contribution in [0.25, 0.3) is 15.3 Å². The Morgan fingerprint density at radius 3 is 2.76 bits per heavy atom. The topological polar surface area (TPSA) is 76.0 Å². The van der Waals surface area contributed by atoms with E-state index >= 15 is 0 Å². The zero-order valence-electron chi connectivity index (χ0n) is 13.7. The molecule has 25 heavy (non-hydrogen) atoms. The van der Waals surface area contributed by atoms with Crippen LogP contribution in [0.1, 0.15) is 30.1 Å². The van der Waals surface area contributed by atoms with Gasteiger partial charge in [-0.15, -0.1) is 0 Å². The van der Waals surface area contributed by atoms with Crippen molar-refractivity contribution in [3.8, 4) is 5.13 Å². The highest BCUT2D eigenvalue weighted by Crippen LogP contribution is 2.26. The van der Waals surface area contributed by atoms with Crippen LogP contribution in [0.3, 0.4) is 0 Å². The Hall–Kier alpha value is -2.67. The van der Waals surface area contributed by atoms with E-state index in [1.807, 2.05) is 41.2 Å². The van der Waals surface area contributed by atoms with E-state index in [4.69, 9.17) is 0 Å². The molecule has 1 saturated carbocycles. The molecule has 2 amide bonds. The third-order valence-corrected chi connectivity index (χ3v) is 5.16. The molecule has 3 aromatic rings. The minimum Gasteiger partial charge on any atom is -0.352 e. The summed E-state index contributed by atoms with van der Waals surface area (Å²) in [6, 6.07) is 9.01. The summed E-state index contributed by atoms with van der Waals surface area (Å²) in [5.41, 5.74) is 1.38. The van der Waals surface area contributed by atoms with Crippen molar-refractivity contribution >= 4 is 33.4 Å². The molecule has 1 aliphatic carbocycles. The van der Waals surface area contributed by atoms with Crippen molar-refractivity contribution in [3.05, 3.63) is 48.3 Å². The van der Waals surface area contributed by atoms with E-state index in [1.54, 1.807) is 13.0 Å². The van der Waals surface area contributed by atoms with E-state index in [0.29, 0.717) is 5.56 Å². The number of nitrogens with one attached hydrogen (secondary N) is 2. The predicted octanol–water partition coefficient (Wildman–Crippen LogP) is 2.48. The van der Waals surface area contributed by atoms with E-state index in [0.717, 1.165) is 28.2 Å². The van der Waals surface area contributed by atoms with Gasteiger partial charge in [0, 0.05) is 24.0 Å². The Morgan fingerprint density at radius 2 is 2.04 bits per heavy atom. The van der Waals surface area contributed by atoms with E-state index < -0.39 is 6.04 Å². The number of hydrogen-bond donors (Lipinski definition) is 2. The minimum atomic E-state index is -0.555. The van der Waals surface area contributed by atoms with Gasteiger partial charge in [0.2, 0.25) is 5.91 Å². The predicted molar refractivity (Wildman–Crippen MR) is 97.0 cm³/mol. The first kappa shape index (κ1) is 15.8. The number of aromatic nitrogens is 2. The fourth-order valence-electron chi connectivity index (χ4n) is 2.53. The van der Waals surface area contributed by atoms with Crippen LogP contribution in [-0.4, -0.2) is 33.4 Å². The minimum absolute atomic E-state index is 0.135. The van der Waals surface area contributed by atoms with Crippen LogP contribution in [-0.2, 0) is 4.79 Å². The van der Waals surface area contributed by atoms with E-state index in [9.17, 15) is 9.59 Å². The van der Waals surface area contributed by atoms with Crippen LogP contribution in [0.5, 0.6) is 0 Å². The number of amides is 2. The first-order valence-corrected chi connectivity index (χ1v) is 9.07. The Morgan fingerprint density at radius 1 is 1.28 bits per heavy atom. The highest BCUT2D eigenvalue weighted by molar-refractivity contribution is 7.20. The maximum atomic E-state index is 12.4. The molecule has 7 heteroatoms. The molecule has 1 aromatic carbocycles. The molecule has 0 bridgehead atoms. The fraction of sp³-hybridized carbons (Fsp3) is 0.278. The fourth-order valence-corrected chi connectivity index (χ4v) is 3.50. The number of thiazole rings is 1. The molecule has 6 nitrogen and oxygen atoms in total. The van der Waals surface area contributed by atoms with Crippen molar-refractivity contribution in [2.75, 3.05) is 0 Å². The summed E-state index contributed by atoms with van der Waals surface area (Å²) in [5, 5.41) is 6.51. The summed E-state index contributed by atoms with van der Waals surface area (Å²) >= 11 is 1.52. The van der Waals surface area contributed by atoms with Gasteiger partial charge in [-0.05, 0) is 50.1 Å². The van der Waals surface area contributed by atoms with Crippen LogP contribution >= 0.6 is 11.3 Å². The number of carbonyl (C=O) groups is 2. The molecule has 0 unspecified atom stereocenters. The molecule has 2 aromatic heterocycles. The molecule has 1 fully saturated rings. The van der Waals surface area contributed by atoms with Crippen molar-refractivity contribution in [2.45, 2.75) is 31.8 Å². The summed E-state index contributed by atoms with van der Waals surface area (Å²) in [5.74, 6) is -0.388. The van der Waals surface area contributed by atoms with Crippen LogP contribution in [0.15, 0.2) is 42.7 Å². The maximum absolute atomic E-state index is 12.4. The molecule has 0 radical (unpaired) electrons. The lowest BCUT2D eigenvalue weighted by Gasteiger charge is -2.13. The number of hydrogen-bond acceptors (Lipinski definition) is 4. The largest absolute Gasteiger partial charge is 0.352 e. The highest BCUT2D eigenvalue weighted by atomic mass is 32.1. The SMILES string of the molecule is C[C@H](NC(=O)c1ccc2nc(-n3cccc3)sc2c1)C(=O)NC1CC1. The van der Waals surface area contributed by atoms with E-state index in [-0.39, 0.29) is 17.9 Å². The normalized spacial score (nSPS) is 15.1. The molecule has 0 spiro atoms. The van der Waals surface area contributed by atoms with Gasteiger partial charge in [-0.25, -0.2) is 4.98 Å². The summed E-state index contributed by atoms with van der Waals surface area (Å²) in [6.45, 7) is 1.70. The smallest absolute Gasteiger partial charge is 0.251 e. The second-order valence-corrected chi connectivity index (χ2v) is 7.26. The van der Waals surface area contributed by atoms with Crippen LogP contribution in [0.4, 0.5) is 0 Å². The van der Waals surface area contributed by atoms with Gasteiger partial charge in [0.05, 0.1) is 10.2 Å². The number of fused-ring (bicyclic) bond motifs is 1. The lowest BCUT2D eigenvalue weighted by molar-refractivity contribution is -0.122. The molecule has 128 valence electrons. The summed E-state index contributed by atoms with van der Waals surface area (Å²) in [4.78, 5) is 29.0. The first-order chi connectivity index (χ1) is 12.1. The zero-order chi connectivity index (χ0) is 17.4. The van der Waals surface area contributed by atoms with Gasteiger partial charge in [-0.1, -0.05) is 11.3 Å². The molecule has 1 atom stereocenters. The van der Waals surface area contributed by atoms with Gasteiger partial charge in [-0.3, -0.25) is 9.59 Å². The molecule has 2 N–H and O–H groups in total. The number of rotatable bonds is 5. The molecule has 4 rings (SSSR count). The van der Waals surface area contributed by atoms with Gasteiger partial charge < -0.3 is 15.2 Å². The average Bonchev–Trinajstić information content (AvgIpc) is 3.11. The van der Waals surface area contributed by atoms with Gasteiger partial charge >= 0.3 is 0 Å². The van der Waals surface area contributed by atoms with Crippen molar-refractivity contribution in [1.29, 1.82) is 0 Å². The Labute approximate surface area is 148 Å². The number of benzene rings is 1. The van der Waals surface area contributed by atoms with Crippen molar-refractivity contribution in [2.24, 2.45) is 0 Å². The number of nitrogens with zero attached hydrogens (tertiary/aromatic N) is 2. The van der Waals surface area contributed by atoms with Crippen LogP contribution < -0.4 is 10.6 Å². The second-order valence-electron chi connectivity index (χ2n) is 6.25. The van der Waals surface area contributed by atoms with Gasteiger partial charge in [-0.2, -0.15) is 0 Å². The average molecular weight is 354 g/mol. The van der Waals surface area contributed by atoms with Crippen LogP contribution in [0, 0.1) is 0 Å². The second kappa shape index (κ2) is 6.33. The third-order valence-electron chi connectivity index (χ3n) is 4.13. The third kappa shape index (κ3) is 3.41. The molecular formula is C18H18N4O2S. The Balaban J connectivity index is 1.50. The molecule has 2 heterocycles. The van der Waals surface area contributed by atoms with Crippen molar-refractivity contribution < 1.29 is 9.59 Å². The van der Waals surface area contributed by atoms with Gasteiger partial charge in [0.1, 0.15) is 6.04 Å². The standard InChI is InChI=1S/C18H18N4O2S/c1-11(16(23)20-13-5-6-13)19-17(24)12-4-7-14-15(10-12)25-18(21-14)22-8-2-3-9-22/h2-4,7-11,13H,5-6H2,1H3,(H,19,24)(H,20,23)/t11-/m0/s1. The van der Waals surface area contributed by atoms with Crippen LogP contribution in [0.2, 0.25) is 0 Å². The highest BCUT2D eigenvalue weighted by Gasteiger charge is 2.26. The number of carbonyl (C=O) groups excluding carboxylic acids is 2. The Bertz CT molecular complexity index is 928. The molecule has 1 aliphatic rings. The lowest BCUT2D eigenvalue weighted by Crippen LogP contribution is -2.45. The first-order valence-electron chi connectivity index (χ1n) is 8.25. The van der Waals surface area contributed by atoms with Gasteiger partial charge in [0.25, 0.3) is 5.91 Å². The summed E-state index contributed by atoms with van der Waals surface area (Å²) < 4.78 is 2.88. The van der Waals surface area contributed by atoms with E-state index in [2.05, 4.69) is 15.6 Å². The summed E-state index contributed by atoms with van der Waals surface area (Å²) in [6.07, 6.45) is 5.92. The Kier molecular flexibility index (Phi) is 4.01. The summed E-state index contributed by atoms with van der Waals surface area (Å²) in [7, 11) is 0. The quantitative estimate of drug-likeness (QED) is 0.739. The molecule has 0 saturated heterocycles. The van der Waals surface area contributed by atoms with Gasteiger partial charge in [0.15, 0.2) is 5.13 Å². The monoisotopic (exact) mass is 354 g/mol. The van der Waals surface area contributed by atoms with E-state index in [1.165, 1.54) is 11.3 Å². The maximum Gasteiger partial charge on any atom is 0.251 e.